The quantitative estimate of drug-likeness (QED) is 0.217. The van der Waals surface area contributed by atoms with Crippen molar-refractivity contribution in [1.82, 2.24) is 15.0 Å². The minimum atomic E-state index is 0.390. The molecule has 1 saturated heterocycles. The predicted octanol–water partition coefficient (Wildman–Crippen LogP) is 5.84. The molecule has 4 aromatic rings. The largest absolute Gasteiger partial charge is 0.497 e. The highest BCUT2D eigenvalue weighted by atomic mass is 16.5. The summed E-state index contributed by atoms with van der Waals surface area (Å²) in [6.45, 7) is 3.87. The van der Waals surface area contributed by atoms with Gasteiger partial charge in [0.15, 0.2) is 0 Å². The lowest BCUT2D eigenvalue weighted by Gasteiger charge is -2.32. The van der Waals surface area contributed by atoms with Crippen LogP contribution < -0.4 is 20.4 Å². The van der Waals surface area contributed by atoms with E-state index in [1.54, 1.807) is 13.3 Å². The molecule has 0 saturated carbocycles. The van der Waals surface area contributed by atoms with E-state index in [4.69, 9.17) is 14.7 Å². The molecule has 194 valence electrons. The molecule has 0 amide bonds. The molecule has 8 nitrogen and oxygen atoms in total. The molecule has 5 rings (SSSR count). The number of nitrogens with zero attached hydrogens (tertiary/aromatic N) is 5. The van der Waals surface area contributed by atoms with Crippen LogP contribution in [0.5, 0.6) is 5.75 Å². The summed E-state index contributed by atoms with van der Waals surface area (Å²) in [7, 11) is 1.65. The third kappa shape index (κ3) is 6.85. The Bertz CT molecular complexity index is 1330. The summed E-state index contributed by atoms with van der Waals surface area (Å²) in [6.07, 6.45) is 5.03. The Hall–Kier alpha value is -4.46. The molecule has 1 aliphatic heterocycles. The fourth-order valence-electron chi connectivity index (χ4n) is 4.52. The second kappa shape index (κ2) is 12.2. The first-order valence-corrected chi connectivity index (χ1v) is 13.0. The predicted molar refractivity (Wildman–Crippen MR) is 154 cm³/mol. The van der Waals surface area contributed by atoms with Gasteiger partial charge in [0.25, 0.3) is 0 Å². The molecule has 0 atom stereocenters. The normalized spacial score (nSPS) is 14.0. The number of hydrogen-bond acceptors (Lipinski definition) is 8. The van der Waals surface area contributed by atoms with Crippen LogP contribution in [0.2, 0.25) is 0 Å². The minimum Gasteiger partial charge on any atom is -0.497 e. The van der Waals surface area contributed by atoms with Gasteiger partial charge in [-0.3, -0.25) is 0 Å². The molecule has 2 N–H and O–H groups in total. The van der Waals surface area contributed by atoms with Gasteiger partial charge in [0, 0.05) is 18.8 Å². The van der Waals surface area contributed by atoms with Gasteiger partial charge in [0.1, 0.15) is 5.75 Å². The lowest BCUT2D eigenvalue weighted by atomic mass is 9.90. The van der Waals surface area contributed by atoms with Gasteiger partial charge < -0.3 is 15.0 Å². The van der Waals surface area contributed by atoms with E-state index in [1.807, 2.05) is 36.4 Å². The Labute approximate surface area is 223 Å². The zero-order valence-corrected chi connectivity index (χ0v) is 21.8. The first kappa shape index (κ1) is 25.2. The van der Waals surface area contributed by atoms with Gasteiger partial charge in [0.05, 0.1) is 13.3 Å². The Morgan fingerprint density at radius 3 is 2.32 bits per heavy atom. The van der Waals surface area contributed by atoms with Crippen molar-refractivity contribution in [3.05, 3.63) is 95.6 Å². The lowest BCUT2D eigenvalue weighted by molar-refractivity contribution is 0.400. The second-order valence-corrected chi connectivity index (χ2v) is 9.54. The van der Waals surface area contributed by atoms with Crippen LogP contribution in [0.25, 0.3) is 0 Å². The fourth-order valence-corrected chi connectivity index (χ4v) is 4.52. The van der Waals surface area contributed by atoms with Gasteiger partial charge in [-0.1, -0.05) is 48.0 Å². The van der Waals surface area contributed by atoms with E-state index in [9.17, 15) is 0 Å². The molecular weight excluding hydrogens is 474 g/mol. The summed E-state index contributed by atoms with van der Waals surface area (Å²) in [5, 5.41) is 7.68. The molecule has 0 radical (unpaired) electrons. The molecule has 0 spiro atoms. The summed E-state index contributed by atoms with van der Waals surface area (Å²) in [6, 6.07) is 26.5. The molecule has 0 unspecified atom stereocenters. The lowest BCUT2D eigenvalue weighted by Crippen LogP contribution is -2.35. The summed E-state index contributed by atoms with van der Waals surface area (Å²) >= 11 is 0. The van der Waals surface area contributed by atoms with E-state index in [-0.39, 0.29) is 0 Å². The molecule has 0 bridgehead atoms. The standard InChI is InChI=1S/C30H33N7O/c1-22-8-12-26(13-9-22)32-28-33-29(36-31-21-25-10-14-27(38-2)15-11-25)35-30(34-28)37-18-16-24(17-19-37)20-23-6-4-3-5-7-23/h3-15,21,24H,16-20H2,1-2H3,(H2,32,33,34,35,36). The van der Waals surface area contributed by atoms with Crippen LogP contribution in [0, 0.1) is 12.8 Å². The van der Waals surface area contributed by atoms with Crippen LogP contribution in [-0.2, 0) is 6.42 Å². The van der Waals surface area contributed by atoms with E-state index in [1.165, 1.54) is 11.1 Å². The second-order valence-electron chi connectivity index (χ2n) is 9.54. The summed E-state index contributed by atoms with van der Waals surface area (Å²) in [5.41, 5.74) is 7.44. The van der Waals surface area contributed by atoms with Crippen LogP contribution in [-0.4, -0.2) is 41.4 Å². The zero-order chi connectivity index (χ0) is 26.2. The van der Waals surface area contributed by atoms with Crippen LogP contribution in [0.3, 0.4) is 0 Å². The van der Waals surface area contributed by atoms with Crippen molar-refractivity contribution in [1.29, 1.82) is 0 Å². The van der Waals surface area contributed by atoms with Crippen LogP contribution in [0.4, 0.5) is 23.5 Å². The smallest absolute Gasteiger partial charge is 0.250 e. The van der Waals surface area contributed by atoms with Gasteiger partial charge in [-0.05, 0) is 79.6 Å². The number of methoxy groups -OCH3 is 1. The Morgan fingerprint density at radius 2 is 1.61 bits per heavy atom. The number of hydrazone groups is 1. The van der Waals surface area contributed by atoms with Crippen molar-refractivity contribution in [3.63, 3.8) is 0 Å². The number of piperidine rings is 1. The van der Waals surface area contributed by atoms with Gasteiger partial charge in [0.2, 0.25) is 17.8 Å². The number of anilines is 4. The van der Waals surface area contributed by atoms with Crippen molar-refractivity contribution in [2.75, 3.05) is 35.8 Å². The highest BCUT2D eigenvalue weighted by Gasteiger charge is 2.22. The zero-order valence-electron chi connectivity index (χ0n) is 21.8. The Morgan fingerprint density at radius 1 is 0.895 bits per heavy atom. The van der Waals surface area contributed by atoms with Crippen molar-refractivity contribution in [2.45, 2.75) is 26.2 Å². The third-order valence-corrected chi connectivity index (χ3v) is 6.69. The summed E-state index contributed by atoms with van der Waals surface area (Å²) < 4.78 is 5.22. The molecule has 1 fully saturated rings. The Kier molecular flexibility index (Phi) is 8.08. The minimum absolute atomic E-state index is 0.390. The highest BCUT2D eigenvalue weighted by Crippen LogP contribution is 2.26. The van der Waals surface area contributed by atoms with Crippen molar-refractivity contribution in [2.24, 2.45) is 11.0 Å². The maximum atomic E-state index is 5.22. The molecule has 2 heterocycles. The molecule has 3 aromatic carbocycles. The maximum Gasteiger partial charge on any atom is 0.250 e. The van der Waals surface area contributed by atoms with Gasteiger partial charge in [-0.2, -0.15) is 20.1 Å². The molecule has 8 heteroatoms. The average molecular weight is 508 g/mol. The monoisotopic (exact) mass is 507 g/mol. The van der Waals surface area contributed by atoms with Gasteiger partial charge in [-0.15, -0.1) is 0 Å². The Balaban J connectivity index is 1.30. The van der Waals surface area contributed by atoms with Crippen molar-refractivity contribution >= 4 is 29.7 Å². The number of aryl methyl sites for hydroxylation is 1. The van der Waals surface area contributed by atoms with E-state index >= 15 is 0 Å². The number of rotatable bonds is 9. The molecule has 1 aliphatic rings. The van der Waals surface area contributed by atoms with Gasteiger partial charge >= 0.3 is 0 Å². The van der Waals surface area contributed by atoms with Crippen molar-refractivity contribution in [3.8, 4) is 5.75 Å². The summed E-state index contributed by atoms with van der Waals surface area (Å²) in [5.74, 6) is 2.98. The van der Waals surface area contributed by atoms with Crippen molar-refractivity contribution < 1.29 is 4.74 Å². The van der Waals surface area contributed by atoms with Crippen LogP contribution in [0.1, 0.15) is 29.5 Å². The van der Waals surface area contributed by atoms with Gasteiger partial charge in [-0.25, -0.2) is 5.43 Å². The summed E-state index contributed by atoms with van der Waals surface area (Å²) in [4.78, 5) is 16.3. The average Bonchev–Trinajstić information content (AvgIpc) is 2.95. The third-order valence-electron chi connectivity index (χ3n) is 6.69. The number of nitrogens with one attached hydrogen (secondary N) is 2. The number of aromatic nitrogens is 3. The topological polar surface area (TPSA) is 87.6 Å². The first-order valence-electron chi connectivity index (χ1n) is 13.0. The molecule has 38 heavy (non-hydrogen) atoms. The fraction of sp³-hybridized carbons (Fsp3) is 0.267. The number of ether oxygens (including phenoxy) is 1. The molecular formula is C30H33N7O. The van der Waals surface area contributed by atoms with E-state index in [0.29, 0.717) is 23.8 Å². The maximum absolute atomic E-state index is 5.22. The SMILES string of the molecule is COc1ccc(C=NNc2nc(Nc3ccc(C)cc3)nc(N3CCC(Cc4ccccc4)CC3)n2)cc1. The van der Waals surface area contributed by atoms with E-state index < -0.39 is 0 Å². The van der Waals surface area contributed by atoms with Crippen LogP contribution in [0.15, 0.2) is 84.0 Å². The van der Waals surface area contributed by atoms with Crippen LogP contribution >= 0.6 is 0 Å². The first-order chi connectivity index (χ1) is 18.6. The highest BCUT2D eigenvalue weighted by molar-refractivity contribution is 5.80. The number of benzene rings is 3. The van der Waals surface area contributed by atoms with E-state index in [2.05, 4.69) is 75.1 Å². The molecule has 0 aliphatic carbocycles. The van der Waals surface area contributed by atoms with E-state index in [0.717, 1.165) is 49.4 Å². The molecule has 1 aromatic heterocycles. The number of hydrogen-bond donors (Lipinski definition) is 2.